The second-order valence-corrected chi connectivity index (χ2v) is 8.82. The lowest BCUT2D eigenvalue weighted by atomic mass is 9.69. The van der Waals surface area contributed by atoms with Gasteiger partial charge in [-0.05, 0) is 75.2 Å². The molecule has 4 fully saturated rings. The minimum Gasteiger partial charge on any atom is -0.460 e. The summed E-state index contributed by atoms with van der Waals surface area (Å²) in [5.41, 5.74) is 7.71. The van der Waals surface area contributed by atoms with E-state index in [1.54, 1.807) is 0 Å². The first-order chi connectivity index (χ1) is 13.2. The first kappa shape index (κ1) is 18.9. The Bertz CT molecular complexity index is 646. The summed E-state index contributed by atoms with van der Waals surface area (Å²) in [7, 11) is 0. The van der Waals surface area contributed by atoms with Gasteiger partial charge < -0.3 is 10.5 Å². The van der Waals surface area contributed by atoms with E-state index in [4.69, 9.17) is 10.5 Å². The molecular formula is C23H34N2O2. The van der Waals surface area contributed by atoms with Gasteiger partial charge in [-0.1, -0.05) is 43.5 Å². The van der Waals surface area contributed by atoms with Crippen molar-refractivity contribution < 1.29 is 9.53 Å². The zero-order valence-corrected chi connectivity index (χ0v) is 16.5. The summed E-state index contributed by atoms with van der Waals surface area (Å²) in [4.78, 5) is 16.0. The van der Waals surface area contributed by atoms with Crippen molar-refractivity contribution in [1.29, 1.82) is 0 Å². The number of carbonyl (C=O) groups excluding carboxylic acids is 1. The third-order valence-electron chi connectivity index (χ3n) is 7.10. The van der Waals surface area contributed by atoms with Crippen LogP contribution in [0.3, 0.4) is 0 Å². The Morgan fingerprint density at radius 3 is 2.63 bits per heavy atom. The molecule has 3 aliphatic heterocycles. The van der Waals surface area contributed by atoms with Crippen LogP contribution in [0.25, 0.3) is 0 Å². The molecule has 2 N–H and O–H groups in total. The molecule has 27 heavy (non-hydrogen) atoms. The van der Waals surface area contributed by atoms with Crippen molar-refractivity contribution in [3.8, 4) is 0 Å². The first-order valence-electron chi connectivity index (χ1n) is 10.9. The van der Waals surface area contributed by atoms with E-state index in [0.717, 1.165) is 45.1 Å². The Labute approximate surface area is 163 Å². The number of fused-ring (bicyclic) bond motifs is 3. The third-order valence-corrected chi connectivity index (χ3v) is 7.10. The molecule has 4 heteroatoms. The SMILES string of the molecule is NCCCc1cccc(C2(C(=O)O[C@H]3CN4CCC3CC4)CCCCC2)c1. The average Bonchev–Trinajstić information content (AvgIpc) is 2.74. The van der Waals surface area contributed by atoms with Gasteiger partial charge in [0.2, 0.25) is 0 Å². The van der Waals surface area contributed by atoms with E-state index in [-0.39, 0.29) is 12.1 Å². The number of nitrogens with zero attached hydrogens (tertiary/aromatic N) is 1. The molecule has 1 atom stereocenters. The van der Waals surface area contributed by atoms with Crippen LogP contribution in [0.4, 0.5) is 0 Å². The van der Waals surface area contributed by atoms with Crippen LogP contribution in [-0.2, 0) is 21.4 Å². The number of esters is 1. The third kappa shape index (κ3) is 3.93. The molecule has 0 unspecified atom stereocenters. The molecule has 148 valence electrons. The summed E-state index contributed by atoms with van der Waals surface area (Å²) < 4.78 is 6.24. The molecule has 0 amide bonds. The van der Waals surface area contributed by atoms with Crippen LogP contribution in [0.15, 0.2) is 24.3 Å². The summed E-state index contributed by atoms with van der Waals surface area (Å²) in [5, 5.41) is 0. The maximum atomic E-state index is 13.5. The quantitative estimate of drug-likeness (QED) is 0.780. The number of hydrogen-bond donors (Lipinski definition) is 1. The monoisotopic (exact) mass is 370 g/mol. The molecule has 0 spiro atoms. The van der Waals surface area contributed by atoms with E-state index in [1.807, 2.05) is 0 Å². The minimum atomic E-state index is -0.441. The smallest absolute Gasteiger partial charge is 0.316 e. The van der Waals surface area contributed by atoms with Crippen LogP contribution < -0.4 is 5.73 Å². The Balaban J connectivity index is 1.55. The van der Waals surface area contributed by atoms with Crippen LogP contribution in [0.5, 0.6) is 0 Å². The summed E-state index contributed by atoms with van der Waals surface area (Å²) in [6, 6.07) is 8.67. The van der Waals surface area contributed by atoms with Gasteiger partial charge in [0.25, 0.3) is 0 Å². The van der Waals surface area contributed by atoms with Crippen molar-refractivity contribution in [3.63, 3.8) is 0 Å². The summed E-state index contributed by atoms with van der Waals surface area (Å²) in [5.74, 6) is 0.604. The number of aryl methyl sites for hydroxylation is 1. The van der Waals surface area contributed by atoms with E-state index < -0.39 is 5.41 Å². The van der Waals surface area contributed by atoms with Crippen LogP contribution in [0.2, 0.25) is 0 Å². The van der Waals surface area contributed by atoms with E-state index in [0.29, 0.717) is 12.5 Å². The topological polar surface area (TPSA) is 55.6 Å². The predicted octanol–water partition coefficient (Wildman–Crippen LogP) is 3.42. The Kier molecular flexibility index (Phi) is 5.84. The zero-order valence-electron chi connectivity index (χ0n) is 16.5. The maximum absolute atomic E-state index is 13.5. The van der Waals surface area contributed by atoms with Crippen LogP contribution in [0, 0.1) is 5.92 Å². The van der Waals surface area contributed by atoms with E-state index in [9.17, 15) is 4.79 Å². The number of carbonyl (C=O) groups is 1. The Hall–Kier alpha value is -1.39. The number of nitrogens with two attached hydrogens (primary N) is 1. The summed E-state index contributed by atoms with van der Waals surface area (Å²) in [6.07, 6.45) is 9.72. The van der Waals surface area contributed by atoms with Crippen LogP contribution in [0.1, 0.15) is 62.5 Å². The number of hydrogen-bond acceptors (Lipinski definition) is 4. The van der Waals surface area contributed by atoms with Crippen molar-refractivity contribution in [2.45, 2.75) is 69.3 Å². The van der Waals surface area contributed by atoms with Crippen molar-refractivity contribution in [2.24, 2.45) is 11.7 Å². The van der Waals surface area contributed by atoms with Crippen LogP contribution in [-0.4, -0.2) is 43.2 Å². The highest BCUT2D eigenvalue weighted by atomic mass is 16.5. The molecular weight excluding hydrogens is 336 g/mol. The summed E-state index contributed by atoms with van der Waals surface area (Å²) >= 11 is 0. The zero-order chi connectivity index (χ0) is 18.7. The van der Waals surface area contributed by atoms with E-state index >= 15 is 0 Å². The van der Waals surface area contributed by atoms with E-state index in [2.05, 4.69) is 29.2 Å². The van der Waals surface area contributed by atoms with Gasteiger partial charge in [-0.15, -0.1) is 0 Å². The molecule has 5 rings (SSSR count). The first-order valence-corrected chi connectivity index (χ1v) is 10.9. The lowest BCUT2D eigenvalue weighted by Gasteiger charge is -2.45. The molecule has 4 aliphatic rings. The maximum Gasteiger partial charge on any atom is 0.316 e. The highest BCUT2D eigenvalue weighted by molar-refractivity contribution is 5.83. The van der Waals surface area contributed by atoms with Gasteiger partial charge >= 0.3 is 5.97 Å². The molecule has 3 saturated heterocycles. The van der Waals surface area contributed by atoms with Gasteiger partial charge in [0.15, 0.2) is 0 Å². The number of piperidine rings is 3. The van der Waals surface area contributed by atoms with Gasteiger partial charge in [0.05, 0.1) is 5.41 Å². The number of benzene rings is 1. The average molecular weight is 371 g/mol. The number of ether oxygens (including phenoxy) is 1. The van der Waals surface area contributed by atoms with Crippen LogP contribution >= 0.6 is 0 Å². The molecule has 1 aliphatic carbocycles. The standard InChI is InChI=1S/C23H34N2O2/c24-13-5-7-18-6-4-8-20(16-18)23(11-2-1-3-12-23)22(26)27-21-17-25-14-9-19(21)10-15-25/h4,6,8,16,19,21H,1-3,5,7,9-15,17,24H2/t21-/m0/s1. The molecule has 3 heterocycles. The Morgan fingerprint density at radius 1 is 1.19 bits per heavy atom. The van der Waals surface area contributed by atoms with Crippen molar-refractivity contribution >= 4 is 5.97 Å². The molecule has 1 aromatic rings. The fourth-order valence-electron chi connectivity index (χ4n) is 5.39. The van der Waals surface area contributed by atoms with Gasteiger partial charge in [0, 0.05) is 6.54 Å². The molecule has 2 bridgehead atoms. The fraction of sp³-hybridized carbons (Fsp3) is 0.696. The minimum absolute atomic E-state index is 0.0388. The second-order valence-electron chi connectivity index (χ2n) is 8.82. The van der Waals surface area contributed by atoms with Gasteiger partial charge in [-0.2, -0.15) is 0 Å². The normalized spacial score (nSPS) is 29.4. The molecule has 1 saturated carbocycles. The van der Waals surface area contributed by atoms with Gasteiger partial charge in [0.1, 0.15) is 6.10 Å². The molecule has 4 nitrogen and oxygen atoms in total. The van der Waals surface area contributed by atoms with Gasteiger partial charge in [-0.25, -0.2) is 0 Å². The molecule has 0 aromatic heterocycles. The highest BCUT2D eigenvalue weighted by Gasteiger charge is 2.45. The molecule has 1 aromatic carbocycles. The van der Waals surface area contributed by atoms with Crippen molar-refractivity contribution in [1.82, 2.24) is 4.90 Å². The predicted molar refractivity (Wildman–Crippen MR) is 108 cm³/mol. The molecule has 0 radical (unpaired) electrons. The van der Waals surface area contributed by atoms with Gasteiger partial charge in [-0.3, -0.25) is 9.69 Å². The lowest BCUT2D eigenvalue weighted by molar-refractivity contribution is -0.167. The largest absolute Gasteiger partial charge is 0.460 e. The summed E-state index contributed by atoms with van der Waals surface area (Å²) in [6.45, 7) is 3.99. The van der Waals surface area contributed by atoms with Crippen molar-refractivity contribution in [2.75, 3.05) is 26.2 Å². The Morgan fingerprint density at radius 2 is 1.96 bits per heavy atom. The fourth-order valence-corrected chi connectivity index (χ4v) is 5.39. The second kappa shape index (κ2) is 8.32. The van der Waals surface area contributed by atoms with E-state index in [1.165, 1.54) is 43.5 Å². The number of rotatable bonds is 6. The van der Waals surface area contributed by atoms with Crippen molar-refractivity contribution in [3.05, 3.63) is 35.4 Å². The highest BCUT2D eigenvalue weighted by Crippen LogP contribution is 2.42. The lowest BCUT2D eigenvalue weighted by Crippen LogP contribution is -2.53.